The average molecular weight is 584 g/mol. The summed E-state index contributed by atoms with van der Waals surface area (Å²) in [7, 11) is 0. The van der Waals surface area contributed by atoms with E-state index in [1.54, 1.807) is 42.5 Å². The van der Waals surface area contributed by atoms with E-state index >= 15 is 0 Å². The van der Waals surface area contributed by atoms with Crippen LogP contribution in [0.5, 0.6) is 5.75 Å². The van der Waals surface area contributed by atoms with Crippen LogP contribution in [0, 0.1) is 0 Å². The molecule has 0 N–H and O–H groups in total. The first-order chi connectivity index (χ1) is 15.8. The summed E-state index contributed by atoms with van der Waals surface area (Å²) in [5, 5.41) is 1.06. The maximum absolute atomic E-state index is 13.0. The SMILES string of the molecule is O=C1S/C(=C/c2cc(Br)ccc2OCc2ccc(Cl)cc2)C(=O)N1Cc1c(Cl)cccc1Cl. The summed E-state index contributed by atoms with van der Waals surface area (Å²) in [5.74, 6) is 0.165. The quantitative estimate of drug-likeness (QED) is 0.274. The fourth-order valence-corrected chi connectivity index (χ4v) is 4.98. The maximum Gasteiger partial charge on any atom is 0.293 e. The van der Waals surface area contributed by atoms with Gasteiger partial charge in [-0.05, 0) is 65.9 Å². The highest BCUT2D eigenvalue weighted by Gasteiger charge is 2.36. The molecule has 168 valence electrons. The lowest BCUT2D eigenvalue weighted by Crippen LogP contribution is -2.27. The number of ether oxygens (including phenoxy) is 1. The Morgan fingerprint density at radius 1 is 0.970 bits per heavy atom. The van der Waals surface area contributed by atoms with E-state index in [4.69, 9.17) is 39.5 Å². The van der Waals surface area contributed by atoms with Gasteiger partial charge in [0.05, 0.1) is 11.4 Å². The summed E-state index contributed by atoms with van der Waals surface area (Å²) < 4.78 is 6.80. The van der Waals surface area contributed by atoms with Gasteiger partial charge in [-0.2, -0.15) is 0 Å². The number of carbonyl (C=O) groups is 2. The average Bonchev–Trinajstić information content (AvgIpc) is 3.04. The van der Waals surface area contributed by atoms with Crippen molar-refractivity contribution < 1.29 is 14.3 Å². The first-order valence-electron chi connectivity index (χ1n) is 9.67. The number of nitrogens with zero attached hydrogens (tertiary/aromatic N) is 1. The minimum atomic E-state index is -0.412. The van der Waals surface area contributed by atoms with Crippen molar-refractivity contribution >= 4 is 79.7 Å². The molecule has 0 bridgehead atoms. The fourth-order valence-electron chi connectivity index (χ4n) is 3.12. The van der Waals surface area contributed by atoms with Gasteiger partial charge in [0.25, 0.3) is 11.1 Å². The van der Waals surface area contributed by atoms with Crippen molar-refractivity contribution in [1.29, 1.82) is 0 Å². The van der Waals surface area contributed by atoms with Crippen molar-refractivity contribution in [3.8, 4) is 5.75 Å². The van der Waals surface area contributed by atoms with Crippen LogP contribution in [0.3, 0.4) is 0 Å². The zero-order valence-electron chi connectivity index (χ0n) is 16.9. The van der Waals surface area contributed by atoms with Gasteiger partial charge >= 0.3 is 0 Å². The van der Waals surface area contributed by atoms with Gasteiger partial charge in [0.2, 0.25) is 0 Å². The van der Waals surface area contributed by atoms with Crippen LogP contribution in [0.1, 0.15) is 16.7 Å². The number of hydrogen-bond donors (Lipinski definition) is 0. The number of rotatable bonds is 6. The molecule has 3 aromatic carbocycles. The van der Waals surface area contributed by atoms with Crippen LogP contribution in [0.15, 0.2) is 70.0 Å². The molecule has 0 aliphatic carbocycles. The number of carbonyl (C=O) groups excluding carboxylic acids is 2. The van der Waals surface area contributed by atoms with Crippen LogP contribution < -0.4 is 4.74 Å². The van der Waals surface area contributed by atoms with Crippen LogP contribution >= 0.6 is 62.5 Å². The van der Waals surface area contributed by atoms with E-state index in [0.29, 0.717) is 38.6 Å². The molecule has 1 aliphatic rings. The van der Waals surface area contributed by atoms with E-state index in [1.165, 1.54) is 0 Å². The lowest BCUT2D eigenvalue weighted by molar-refractivity contribution is -0.123. The van der Waals surface area contributed by atoms with Crippen LogP contribution in [0.2, 0.25) is 15.1 Å². The number of hydrogen-bond acceptors (Lipinski definition) is 4. The monoisotopic (exact) mass is 581 g/mol. The molecule has 0 saturated carbocycles. The van der Waals surface area contributed by atoms with Crippen LogP contribution in [0.25, 0.3) is 6.08 Å². The van der Waals surface area contributed by atoms with Gasteiger partial charge in [-0.3, -0.25) is 14.5 Å². The van der Waals surface area contributed by atoms with Gasteiger partial charge in [-0.1, -0.05) is 68.9 Å². The van der Waals surface area contributed by atoms with Crippen molar-refractivity contribution in [2.75, 3.05) is 0 Å². The van der Waals surface area contributed by atoms with Gasteiger partial charge in [-0.25, -0.2) is 0 Å². The zero-order valence-corrected chi connectivity index (χ0v) is 21.5. The van der Waals surface area contributed by atoms with Crippen molar-refractivity contribution in [1.82, 2.24) is 4.90 Å². The molecule has 0 atom stereocenters. The first kappa shape index (κ1) is 24.2. The third-order valence-corrected chi connectivity index (χ3v) is 7.18. The lowest BCUT2D eigenvalue weighted by atomic mass is 10.1. The summed E-state index contributed by atoms with van der Waals surface area (Å²) in [6, 6.07) is 17.9. The number of thioether (sulfide) groups is 1. The van der Waals surface area contributed by atoms with Crippen molar-refractivity contribution in [2.24, 2.45) is 0 Å². The van der Waals surface area contributed by atoms with E-state index in [9.17, 15) is 9.59 Å². The summed E-state index contributed by atoms with van der Waals surface area (Å²) in [6.45, 7) is 0.324. The zero-order chi connectivity index (χ0) is 23.5. The van der Waals surface area contributed by atoms with Crippen LogP contribution in [-0.4, -0.2) is 16.0 Å². The predicted molar refractivity (Wildman–Crippen MR) is 138 cm³/mol. The molecule has 1 aliphatic heterocycles. The van der Waals surface area contributed by atoms with E-state index in [0.717, 1.165) is 26.7 Å². The van der Waals surface area contributed by atoms with Crippen LogP contribution in [-0.2, 0) is 17.9 Å². The molecule has 1 heterocycles. The highest BCUT2D eigenvalue weighted by atomic mass is 79.9. The molecule has 1 saturated heterocycles. The van der Waals surface area contributed by atoms with Gasteiger partial charge in [0, 0.05) is 30.7 Å². The first-order valence-corrected chi connectivity index (χ1v) is 12.4. The normalized spacial score (nSPS) is 14.9. The van der Waals surface area contributed by atoms with E-state index in [2.05, 4.69) is 15.9 Å². The molecular formula is C24H15BrCl3NO3S. The van der Waals surface area contributed by atoms with Gasteiger partial charge in [-0.15, -0.1) is 0 Å². The molecule has 4 nitrogen and oxygen atoms in total. The van der Waals surface area contributed by atoms with Gasteiger partial charge in [0.1, 0.15) is 12.4 Å². The highest BCUT2D eigenvalue weighted by molar-refractivity contribution is 9.10. The van der Waals surface area contributed by atoms with E-state index in [1.807, 2.05) is 24.3 Å². The Morgan fingerprint density at radius 2 is 1.67 bits per heavy atom. The fraction of sp³-hybridized carbons (Fsp3) is 0.0833. The third-order valence-electron chi connectivity index (χ3n) is 4.82. The number of benzene rings is 3. The second-order valence-electron chi connectivity index (χ2n) is 7.07. The lowest BCUT2D eigenvalue weighted by Gasteiger charge is -2.15. The predicted octanol–water partition coefficient (Wildman–Crippen LogP) is 8.22. The van der Waals surface area contributed by atoms with Crippen molar-refractivity contribution in [3.63, 3.8) is 0 Å². The standard InChI is InChI=1S/C24H15BrCl3NO3S/c25-16-6-9-21(32-13-14-4-7-17(26)8-5-14)15(10-16)11-22-23(30)29(24(31)33-22)12-18-19(27)2-1-3-20(18)28/h1-11H,12-13H2/b22-11+. The summed E-state index contributed by atoms with van der Waals surface area (Å²) in [4.78, 5) is 27.0. The minimum absolute atomic E-state index is 0.00107. The summed E-state index contributed by atoms with van der Waals surface area (Å²) in [5.41, 5.74) is 2.14. The molecule has 2 amide bonds. The Kier molecular flexibility index (Phi) is 7.72. The molecule has 4 rings (SSSR count). The second-order valence-corrected chi connectivity index (χ2v) is 10.2. The van der Waals surface area contributed by atoms with Crippen LogP contribution in [0.4, 0.5) is 4.79 Å². The minimum Gasteiger partial charge on any atom is -0.488 e. The Morgan fingerprint density at radius 3 is 2.36 bits per heavy atom. The topological polar surface area (TPSA) is 46.6 Å². The molecule has 0 radical (unpaired) electrons. The third kappa shape index (κ3) is 5.76. The number of amides is 2. The molecular weight excluding hydrogens is 569 g/mol. The summed E-state index contributed by atoms with van der Waals surface area (Å²) in [6.07, 6.45) is 1.65. The molecule has 1 fully saturated rings. The van der Waals surface area contributed by atoms with Crippen molar-refractivity contribution in [2.45, 2.75) is 13.2 Å². The number of imide groups is 1. The Balaban J connectivity index is 1.57. The van der Waals surface area contributed by atoms with Crippen molar-refractivity contribution in [3.05, 3.63) is 102 Å². The Bertz CT molecular complexity index is 1240. The Labute approximate surface area is 218 Å². The van der Waals surface area contributed by atoms with E-state index < -0.39 is 5.91 Å². The second kappa shape index (κ2) is 10.5. The Hall–Kier alpha value is -1.96. The molecule has 33 heavy (non-hydrogen) atoms. The summed E-state index contributed by atoms with van der Waals surface area (Å²) >= 11 is 22.7. The molecule has 0 aromatic heterocycles. The smallest absolute Gasteiger partial charge is 0.293 e. The van der Waals surface area contributed by atoms with Gasteiger partial charge in [0.15, 0.2) is 0 Å². The largest absolute Gasteiger partial charge is 0.488 e. The maximum atomic E-state index is 13.0. The molecule has 9 heteroatoms. The molecule has 3 aromatic rings. The van der Waals surface area contributed by atoms with E-state index in [-0.39, 0.29) is 16.7 Å². The van der Waals surface area contributed by atoms with Gasteiger partial charge < -0.3 is 4.74 Å². The molecule has 0 spiro atoms. The number of halogens is 4. The highest BCUT2D eigenvalue weighted by Crippen LogP contribution is 2.37. The molecule has 0 unspecified atom stereocenters.